The van der Waals surface area contributed by atoms with E-state index in [0.29, 0.717) is 11.5 Å². The highest BCUT2D eigenvalue weighted by molar-refractivity contribution is 7.86. The molecule has 1 heterocycles. The van der Waals surface area contributed by atoms with Gasteiger partial charge in [0.1, 0.15) is 16.4 Å². The number of azo groups is 1. The summed E-state index contributed by atoms with van der Waals surface area (Å²) in [7, 11) is -4.53. The lowest BCUT2D eigenvalue weighted by Crippen LogP contribution is -1.99. The molecule has 168 valence electrons. The molecule has 0 unspecified atom stereocenters. The van der Waals surface area contributed by atoms with Crippen LogP contribution in [-0.2, 0) is 10.1 Å². The molecule has 34 heavy (non-hydrogen) atoms. The normalized spacial score (nSPS) is 12.4. The van der Waals surface area contributed by atoms with Crippen molar-refractivity contribution < 1.29 is 18.1 Å². The van der Waals surface area contributed by atoms with Crippen LogP contribution in [-0.4, -0.2) is 28.0 Å². The van der Waals surface area contributed by atoms with Gasteiger partial charge in [0.05, 0.1) is 16.7 Å². The summed E-state index contributed by atoms with van der Waals surface area (Å²) in [6, 6.07) is 22.4. The predicted molar refractivity (Wildman–Crippen MR) is 131 cm³/mol. The van der Waals surface area contributed by atoms with Gasteiger partial charge in [0.25, 0.3) is 10.1 Å². The number of fused-ring (bicyclic) bond motifs is 2. The topological polar surface area (TPSA) is 128 Å². The molecule has 0 radical (unpaired) electrons. The van der Waals surface area contributed by atoms with Crippen LogP contribution < -0.4 is 0 Å². The number of nitrogens with zero attached hydrogens (tertiary/aromatic N) is 3. The molecule has 0 aliphatic carbocycles. The second-order valence-corrected chi connectivity index (χ2v) is 8.92. The summed E-state index contributed by atoms with van der Waals surface area (Å²) in [4.78, 5) is 7.39. The Balaban J connectivity index is 1.46. The van der Waals surface area contributed by atoms with Gasteiger partial charge in [-0.05, 0) is 42.0 Å². The smallest absolute Gasteiger partial charge is 0.295 e. The number of aromatic nitrogens is 2. The largest absolute Gasteiger partial charge is 0.505 e. The minimum absolute atomic E-state index is 0.0745. The summed E-state index contributed by atoms with van der Waals surface area (Å²) in [6.07, 6.45) is 3.73. The molecule has 5 rings (SSSR count). The first-order valence-electron chi connectivity index (χ1n) is 10.3. The first-order chi connectivity index (χ1) is 16.4. The van der Waals surface area contributed by atoms with E-state index >= 15 is 0 Å². The van der Waals surface area contributed by atoms with Crippen molar-refractivity contribution in [1.29, 1.82) is 0 Å². The maximum absolute atomic E-state index is 11.9. The summed E-state index contributed by atoms with van der Waals surface area (Å²) in [6.45, 7) is 0. The van der Waals surface area contributed by atoms with Gasteiger partial charge in [-0.1, -0.05) is 54.6 Å². The Morgan fingerprint density at radius 1 is 0.853 bits per heavy atom. The molecule has 8 nitrogen and oxygen atoms in total. The van der Waals surface area contributed by atoms with Crippen LogP contribution in [0.15, 0.2) is 94.0 Å². The minimum atomic E-state index is -4.53. The maximum Gasteiger partial charge on any atom is 0.295 e. The van der Waals surface area contributed by atoms with E-state index in [-0.39, 0.29) is 27.1 Å². The average Bonchev–Trinajstić information content (AvgIpc) is 3.25. The van der Waals surface area contributed by atoms with Crippen LogP contribution in [0.25, 0.3) is 34.0 Å². The number of para-hydroxylation sites is 2. The van der Waals surface area contributed by atoms with E-state index in [9.17, 15) is 18.1 Å². The van der Waals surface area contributed by atoms with Crippen LogP contribution in [0.1, 0.15) is 11.4 Å². The molecular weight excluding hydrogens is 452 g/mol. The van der Waals surface area contributed by atoms with Crippen LogP contribution in [0.5, 0.6) is 5.75 Å². The summed E-state index contributed by atoms with van der Waals surface area (Å²) >= 11 is 0. The first-order valence-corrected chi connectivity index (χ1v) is 11.7. The fraction of sp³-hybridized carbons (Fsp3) is 0. The van der Waals surface area contributed by atoms with Gasteiger partial charge in [-0.25, -0.2) is 4.98 Å². The lowest BCUT2D eigenvalue weighted by Gasteiger charge is -2.08. The van der Waals surface area contributed by atoms with E-state index in [1.807, 2.05) is 42.5 Å². The van der Waals surface area contributed by atoms with E-state index in [1.54, 1.807) is 36.4 Å². The number of hydrogen-bond donors (Lipinski definition) is 3. The van der Waals surface area contributed by atoms with Crippen LogP contribution in [0.4, 0.5) is 11.4 Å². The number of rotatable bonds is 5. The van der Waals surface area contributed by atoms with Crippen molar-refractivity contribution in [2.45, 2.75) is 4.90 Å². The van der Waals surface area contributed by atoms with E-state index in [1.165, 1.54) is 6.07 Å². The predicted octanol–water partition coefficient (Wildman–Crippen LogP) is 6.25. The van der Waals surface area contributed by atoms with Crippen molar-refractivity contribution in [2.75, 3.05) is 0 Å². The van der Waals surface area contributed by atoms with E-state index in [0.717, 1.165) is 22.7 Å². The zero-order valence-corrected chi connectivity index (χ0v) is 18.4. The van der Waals surface area contributed by atoms with Gasteiger partial charge in [-0.2, -0.15) is 13.5 Å². The number of benzene rings is 4. The Bertz CT molecular complexity index is 1670. The molecule has 0 amide bonds. The second kappa shape index (κ2) is 8.54. The maximum atomic E-state index is 11.9. The molecular formula is C25H18N4O4S. The number of imidazole rings is 1. The number of phenols is 1. The number of phenolic OH excluding ortho intramolecular Hbond substituents is 1. The summed E-state index contributed by atoms with van der Waals surface area (Å²) in [5, 5.41) is 19.2. The number of nitrogens with one attached hydrogen (secondary N) is 1. The van der Waals surface area contributed by atoms with Gasteiger partial charge in [0.2, 0.25) is 0 Å². The molecule has 9 heteroatoms. The van der Waals surface area contributed by atoms with Gasteiger partial charge in [-0.3, -0.25) is 4.55 Å². The Labute approximate surface area is 194 Å². The van der Waals surface area contributed by atoms with Crippen LogP contribution in [0.2, 0.25) is 0 Å². The summed E-state index contributed by atoms with van der Waals surface area (Å²) in [5.74, 6) is 0.486. The zero-order valence-electron chi connectivity index (χ0n) is 17.6. The number of aromatic hydroxyl groups is 1. The summed E-state index contributed by atoms with van der Waals surface area (Å²) < 4.78 is 33.3. The van der Waals surface area contributed by atoms with Crippen molar-refractivity contribution in [3.8, 4) is 5.75 Å². The molecule has 3 N–H and O–H groups in total. The highest BCUT2D eigenvalue weighted by atomic mass is 32.2. The third-order valence-electron chi connectivity index (χ3n) is 5.22. The van der Waals surface area contributed by atoms with Gasteiger partial charge >= 0.3 is 0 Å². The van der Waals surface area contributed by atoms with Crippen molar-refractivity contribution in [3.63, 3.8) is 0 Å². The molecule has 0 fully saturated rings. The Hall–Kier alpha value is -4.34. The standard InChI is InChI=1S/C25H18N4O4S/c30-25-19-9-2-1-8-18(19)23(34(31,32)33)15-22(25)29-28-17-7-5-6-16(14-17)12-13-24-26-20-10-3-4-11-21(20)27-24/h1-15,30H,(H,26,27)(H,31,32,33)/b13-12-,29-28?. The van der Waals surface area contributed by atoms with Gasteiger partial charge < -0.3 is 10.1 Å². The third kappa shape index (κ3) is 4.29. The molecule has 0 aliphatic rings. The molecule has 0 saturated carbocycles. The molecule has 0 aliphatic heterocycles. The van der Waals surface area contributed by atoms with Crippen molar-refractivity contribution in [1.82, 2.24) is 9.97 Å². The molecule has 0 spiro atoms. The molecule has 0 saturated heterocycles. The number of hydrogen-bond acceptors (Lipinski definition) is 6. The van der Waals surface area contributed by atoms with Gasteiger partial charge in [0, 0.05) is 10.8 Å². The average molecular weight is 471 g/mol. The molecule has 0 bridgehead atoms. The summed E-state index contributed by atoms with van der Waals surface area (Å²) in [5.41, 5.74) is 3.09. The van der Waals surface area contributed by atoms with Crippen molar-refractivity contribution >= 4 is 55.5 Å². The highest BCUT2D eigenvalue weighted by Crippen LogP contribution is 2.39. The van der Waals surface area contributed by atoms with Crippen molar-refractivity contribution in [2.24, 2.45) is 10.2 Å². The Morgan fingerprint density at radius 3 is 2.41 bits per heavy atom. The van der Waals surface area contributed by atoms with Gasteiger partial charge in [0.15, 0.2) is 5.75 Å². The zero-order chi connectivity index (χ0) is 23.7. The lowest BCUT2D eigenvalue weighted by molar-refractivity contribution is 0.480. The lowest BCUT2D eigenvalue weighted by atomic mass is 10.1. The quantitative estimate of drug-likeness (QED) is 0.206. The highest BCUT2D eigenvalue weighted by Gasteiger charge is 2.19. The Kier molecular flexibility index (Phi) is 5.40. The van der Waals surface area contributed by atoms with Crippen LogP contribution in [0, 0.1) is 0 Å². The van der Waals surface area contributed by atoms with Crippen LogP contribution in [0.3, 0.4) is 0 Å². The molecule has 0 atom stereocenters. The van der Waals surface area contributed by atoms with Crippen LogP contribution >= 0.6 is 0 Å². The van der Waals surface area contributed by atoms with Gasteiger partial charge in [-0.15, -0.1) is 5.11 Å². The minimum Gasteiger partial charge on any atom is -0.505 e. The number of aromatic amines is 1. The molecule has 5 aromatic rings. The van der Waals surface area contributed by atoms with E-state index in [4.69, 9.17) is 0 Å². The Morgan fingerprint density at radius 2 is 1.62 bits per heavy atom. The second-order valence-electron chi connectivity index (χ2n) is 7.53. The fourth-order valence-electron chi connectivity index (χ4n) is 3.63. The van der Waals surface area contributed by atoms with E-state index in [2.05, 4.69) is 20.2 Å². The monoisotopic (exact) mass is 470 g/mol. The number of H-pyrrole nitrogens is 1. The SMILES string of the molecule is O=S(=O)(O)c1cc(N=Nc2cccc(/C=C\c3nc4ccccc4[nH]3)c2)c(O)c2ccccc12. The molecule has 4 aromatic carbocycles. The fourth-order valence-corrected chi connectivity index (χ4v) is 4.35. The van der Waals surface area contributed by atoms with E-state index < -0.39 is 10.1 Å². The van der Waals surface area contributed by atoms with Crippen molar-refractivity contribution in [3.05, 3.63) is 90.3 Å². The third-order valence-corrected chi connectivity index (χ3v) is 6.11. The molecule has 1 aromatic heterocycles. The first kappa shape index (κ1) is 21.5.